The predicted molar refractivity (Wildman–Crippen MR) is 65.2 cm³/mol. The van der Waals surface area contributed by atoms with Crippen molar-refractivity contribution in [3.63, 3.8) is 0 Å². The summed E-state index contributed by atoms with van der Waals surface area (Å²) >= 11 is 0. The van der Waals surface area contributed by atoms with Crippen LogP contribution in [0.5, 0.6) is 0 Å². The van der Waals surface area contributed by atoms with Crippen LogP contribution in [0.4, 0.5) is 0 Å². The number of aryl methyl sites for hydroxylation is 1. The molecule has 1 unspecified atom stereocenters. The molecule has 0 aliphatic rings. The average Bonchev–Trinajstić information content (AvgIpc) is 2.31. The molecule has 0 bridgehead atoms. The molecule has 0 N–H and O–H groups in total. The first-order valence-corrected chi connectivity index (χ1v) is 5.82. The number of hydrogen-bond donors (Lipinski definition) is 0. The Kier molecular flexibility index (Phi) is 4.98. The van der Waals surface area contributed by atoms with Gasteiger partial charge in [-0.1, -0.05) is 56.9 Å². The smallest absolute Gasteiger partial charge is 0.0462 e. The molecule has 0 saturated heterocycles. The zero-order valence-corrected chi connectivity index (χ0v) is 9.72. The zero-order valence-electron chi connectivity index (χ0n) is 9.72. The van der Waals surface area contributed by atoms with Gasteiger partial charge in [0.15, 0.2) is 0 Å². The van der Waals surface area contributed by atoms with Crippen molar-refractivity contribution in [2.75, 3.05) is 0 Å². The minimum atomic E-state index is 0.191. The van der Waals surface area contributed by atoms with Gasteiger partial charge in [0.1, 0.15) is 0 Å². The van der Waals surface area contributed by atoms with Crippen molar-refractivity contribution in [1.82, 2.24) is 0 Å². The van der Waals surface area contributed by atoms with E-state index in [-0.39, 0.29) is 5.92 Å². The molecule has 0 nitrogen and oxygen atoms in total. The molecule has 0 heteroatoms. The fourth-order valence-corrected chi connectivity index (χ4v) is 1.72. The number of hydrogen-bond acceptors (Lipinski definition) is 0. The Morgan fingerprint density at radius 2 is 1.87 bits per heavy atom. The summed E-state index contributed by atoms with van der Waals surface area (Å²) in [4.78, 5) is 0. The average molecular weight is 199 g/mol. The van der Waals surface area contributed by atoms with Crippen molar-refractivity contribution >= 4 is 0 Å². The van der Waals surface area contributed by atoms with E-state index < -0.39 is 0 Å². The fourth-order valence-electron chi connectivity index (χ4n) is 1.72. The van der Waals surface area contributed by atoms with Crippen molar-refractivity contribution in [2.45, 2.75) is 45.4 Å². The van der Waals surface area contributed by atoms with Crippen LogP contribution in [0.2, 0.25) is 0 Å². The van der Waals surface area contributed by atoms with E-state index in [9.17, 15) is 0 Å². The van der Waals surface area contributed by atoms with E-state index in [1.54, 1.807) is 0 Å². The second-order valence-electron chi connectivity index (χ2n) is 3.93. The lowest BCUT2D eigenvalue weighted by Gasteiger charge is -2.10. The predicted octanol–water partition coefficient (Wildman–Crippen LogP) is 4.11. The van der Waals surface area contributed by atoms with Crippen LogP contribution in [-0.4, -0.2) is 0 Å². The highest BCUT2D eigenvalue weighted by molar-refractivity contribution is 5.29. The van der Waals surface area contributed by atoms with Crippen LogP contribution >= 0.6 is 0 Å². The highest BCUT2D eigenvalue weighted by Crippen LogP contribution is 2.21. The highest BCUT2D eigenvalue weighted by atomic mass is 14.1. The van der Waals surface area contributed by atoms with Crippen LogP contribution in [0.1, 0.15) is 50.2 Å². The molecule has 1 aromatic carbocycles. The van der Waals surface area contributed by atoms with Crippen LogP contribution in [0.25, 0.3) is 0 Å². The molecule has 1 aromatic rings. The van der Waals surface area contributed by atoms with E-state index in [1.165, 1.54) is 24.0 Å². The largest absolute Gasteiger partial charge is 0.0809 e. The van der Waals surface area contributed by atoms with Crippen LogP contribution in [0, 0.1) is 12.3 Å². The lowest BCUT2D eigenvalue weighted by atomic mass is 9.93. The summed E-state index contributed by atoms with van der Waals surface area (Å²) in [7, 11) is 0. The summed E-state index contributed by atoms with van der Waals surface area (Å²) in [5, 5.41) is 0. The molecular weight excluding hydrogens is 180 g/mol. The number of unbranched alkanes of at least 4 members (excludes halogenated alkanes) is 1. The standard InChI is InChI=1S/C15H19/c1-4-7-8-14(6-3)15-11-9-13(5-2)10-12-15/h9-12,14H,4-5,7-8H2,1-2H3. The lowest BCUT2D eigenvalue weighted by Crippen LogP contribution is -1.95. The van der Waals surface area contributed by atoms with E-state index in [0.717, 1.165) is 12.8 Å². The Hall–Kier alpha value is -1.22. The van der Waals surface area contributed by atoms with Gasteiger partial charge >= 0.3 is 0 Å². The molecule has 1 atom stereocenters. The van der Waals surface area contributed by atoms with Gasteiger partial charge in [0, 0.05) is 5.92 Å². The van der Waals surface area contributed by atoms with E-state index in [1.807, 2.05) is 0 Å². The first kappa shape index (κ1) is 11.9. The normalized spacial score (nSPS) is 12.1. The topological polar surface area (TPSA) is 0 Å². The van der Waals surface area contributed by atoms with Crippen LogP contribution in [0.3, 0.4) is 0 Å². The van der Waals surface area contributed by atoms with E-state index in [2.05, 4.69) is 44.0 Å². The minimum Gasteiger partial charge on any atom is -0.0809 e. The quantitative estimate of drug-likeness (QED) is 0.626. The first-order chi connectivity index (χ1) is 7.31. The summed E-state index contributed by atoms with van der Waals surface area (Å²) in [6.07, 6.45) is 11.8. The second kappa shape index (κ2) is 6.30. The first-order valence-electron chi connectivity index (χ1n) is 5.82. The highest BCUT2D eigenvalue weighted by Gasteiger charge is 2.07. The molecule has 0 spiro atoms. The Morgan fingerprint density at radius 3 is 2.33 bits per heavy atom. The van der Waals surface area contributed by atoms with Crippen molar-refractivity contribution in [2.24, 2.45) is 0 Å². The van der Waals surface area contributed by atoms with Gasteiger partial charge in [0.25, 0.3) is 0 Å². The summed E-state index contributed by atoms with van der Waals surface area (Å²) < 4.78 is 0. The van der Waals surface area contributed by atoms with E-state index in [0.29, 0.717) is 0 Å². The second-order valence-corrected chi connectivity index (χ2v) is 3.93. The van der Waals surface area contributed by atoms with Crippen LogP contribution in [0.15, 0.2) is 24.3 Å². The third kappa shape index (κ3) is 3.44. The maximum atomic E-state index is 7.32. The Morgan fingerprint density at radius 1 is 1.20 bits per heavy atom. The van der Waals surface area contributed by atoms with Gasteiger partial charge < -0.3 is 0 Å². The van der Waals surface area contributed by atoms with Gasteiger partial charge in [0.2, 0.25) is 0 Å². The molecule has 0 heterocycles. The third-order valence-electron chi connectivity index (χ3n) is 2.81. The van der Waals surface area contributed by atoms with Crippen molar-refractivity contribution < 1.29 is 0 Å². The van der Waals surface area contributed by atoms with E-state index >= 15 is 0 Å². The maximum absolute atomic E-state index is 7.32. The molecule has 0 fully saturated rings. The van der Waals surface area contributed by atoms with Gasteiger partial charge in [-0.25, -0.2) is 0 Å². The Balaban J connectivity index is 2.70. The van der Waals surface area contributed by atoms with Crippen LogP contribution in [-0.2, 0) is 6.42 Å². The van der Waals surface area contributed by atoms with Gasteiger partial charge in [-0.2, -0.15) is 0 Å². The van der Waals surface area contributed by atoms with Gasteiger partial charge in [0.05, 0.1) is 0 Å². The molecular formula is C15H19. The Labute approximate surface area is 93.7 Å². The SMILES string of the molecule is [C]#CC(CCCC)c1ccc(CC)cc1. The summed E-state index contributed by atoms with van der Waals surface area (Å²) in [5.41, 5.74) is 2.59. The van der Waals surface area contributed by atoms with Gasteiger partial charge in [-0.15, -0.1) is 0 Å². The van der Waals surface area contributed by atoms with Crippen LogP contribution < -0.4 is 0 Å². The van der Waals surface area contributed by atoms with E-state index in [4.69, 9.17) is 6.42 Å². The molecule has 0 saturated carbocycles. The van der Waals surface area contributed by atoms with Crippen molar-refractivity contribution in [1.29, 1.82) is 0 Å². The van der Waals surface area contributed by atoms with Gasteiger partial charge in [-0.05, 0) is 30.4 Å². The molecule has 0 aliphatic heterocycles. The van der Waals surface area contributed by atoms with Crippen molar-refractivity contribution in [3.8, 4) is 5.92 Å². The van der Waals surface area contributed by atoms with Gasteiger partial charge in [-0.3, -0.25) is 0 Å². The van der Waals surface area contributed by atoms with Crippen molar-refractivity contribution in [3.05, 3.63) is 41.8 Å². The fraction of sp³-hybridized carbons (Fsp3) is 0.467. The molecule has 1 radical (unpaired) electrons. The number of benzene rings is 1. The Bertz CT molecular complexity index is 313. The molecule has 0 aliphatic carbocycles. The maximum Gasteiger partial charge on any atom is 0.0462 e. The monoisotopic (exact) mass is 199 g/mol. The summed E-state index contributed by atoms with van der Waals surface area (Å²) in [6.45, 7) is 4.34. The zero-order chi connectivity index (χ0) is 11.1. The molecule has 79 valence electrons. The minimum absolute atomic E-state index is 0.191. The summed E-state index contributed by atoms with van der Waals surface area (Å²) in [6, 6.07) is 8.60. The molecule has 0 aromatic heterocycles. The third-order valence-corrected chi connectivity index (χ3v) is 2.81. The lowest BCUT2D eigenvalue weighted by molar-refractivity contribution is 0.675. The summed E-state index contributed by atoms with van der Waals surface area (Å²) in [5.74, 6) is 2.83. The number of rotatable bonds is 5. The molecule has 1 rings (SSSR count). The molecule has 0 amide bonds. The molecule has 15 heavy (non-hydrogen) atoms.